The quantitative estimate of drug-likeness (QED) is 0.791. The number of amides is 1. The molecule has 0 bridgehead atoms. The zero-order valence-corrected chi connectivity index (χ0v) is 14.6. The highest BCUT2D eigenvalue weighted by atomic mass is 35.5. The number of benzene rings is 2. The molecule has 0 saturated heterocycles. The van der Waals surface area contributed by atoms with Crippen LogP contribution >= 0.6 is 23.2 Å². The summed E-state index contributed by atoms with van der Waals surface area (Å²) in [6, 6.07) is 15.6. The number of quaternary nitrogens is 1. The van der Waals surface area contributed by atoms with Crippen molar-refractivity contribution in [1.29, 1.82) is 0 Å². The van der Waals surface area contributed by atoms with E-state index in [9.17, 15) is 4.79 Å². The first-order valence-electron chi connectivity index (χ1n) is 7.64. The van der Waals surface area contributed by atoms with E-state index in [2.05, 4.69) is 12.2 Å². The molecule has 3 N–H and O–H groups in total. The number of nitrogens with two attached hydrogens (primary N) is 1. The van der Waals surface area contributed by atoms with Crippen molar-refractivity contribution in [3.63, 3.8) is 0 Å². The summed E-state index contributed by atoms with van der Waals surface area (Å²) >= 11 is 11.8. The summed E-state index contributed by atoms with van der Waals surface area (Å²) in [6.45, 7) is 3.09. The van der Waals surface area contributed by atoms with Gasteiger partial charge in [-0.05, 0) is 43.2 Å². The molecule has 0 fully saturated rings. The van der Waals surface area contributed by atoms with E-state index in [1.807, 2.05) is 53.8 Å². The molecule has 5 heteroatoms. The lowest BCUT2D eigenvalue weighted by Crippen LogP contribution is -2.87. The Kier molecular flexibility index (Phi) is 6.90. The van der Waals surface area contributed by atoms with Crippen LogP contribution in [0.3, 0.4) is 0 Å². The van der Waals surface area contributed by atoms with Crippen molar-refractivity contribution in [2.45, 2.75) is 19.4 Å². The number of carbonyl (C=O) groups is 1. The van der Waals surface area contributed by atoms with E-state index in [-0.39, 0.29) is 11.9 Å². The molecule has 3 nitrogen and oxygen atoms in total. The summed E-state index contributed by atoms with van der Waals surface area (Å²) < 4.78 is 0. The topological polar surface area (TPSA) is 45.7 Å². The van der Waals surface area contributed by atoms with Gasteiger partial charge in [0.1, 0.15) is 6.04 Å². The third kappa shape index (κ3) is 6.22. The Morgan fingerprint density at radius 3 is 2.57 bits per heavy atom. The summed E-state index contributed by atoms with van der Waals surface area (Å²) in [4.78, 5) is 11.9. The summed E-state index contributed by atoms with van der Waals surface area (Å²) in [6.07, 6.45) is 0.777. The van der Waals surface area contributed by atoms with Crippen molar-refractivity contribution in [1.82, 2.24) is 5.32 Å². The van der Waals surface area contributed by atoms with Crippen LogP contribution in [0.25, 0.3) is 0 Å². The molecule has 23 heavy (non-hydrogen) atoms. The lowest BCUT2D eigenvalue weighted by atomic mass is 10.1. The minimum Gasteiger partial charge on any atom is -0.351 e. The number of carbonyl (C=O) groups excluding carboxylic acids is 1. The second-order valence-electron chi connectivity index (χ2n) is 5.51. The number of halogens is 2. The smallest absolute Gasteiger partial charge is 0.275 e. The fourth-order valence-electron chi connectivity index (χ4n) is 2.30. The first kappa shape index (κ1) is 17.8. The Hall–Kier alpha value is -1.55. The zero-order chi connectivity index (χ0) is 16.7. The molecule has 0 aliphatic rings. The van der Waals surface area contributed by atoms with Crippen molar-refractivity contribution in [2.24, 2.45) is 0 Å². The highest BCUT2D eigenvalue weighted by Crippen LogP contribution is 2.13. The third-order valence-electron chi connectivity index (χ3n) is 3.68. The monoisotopic (exact) mass is 351 g/mol. The van der Waals surface area contributed by atoms with Gasteiger partial charge in [-0.2, -0.15) is 0 Å². The Bertz CT molecular complexity index is 644. The molecule has 2 aromatic carbocycles. The second kappa shape index (κ2) is 8.92. The molecule has 0 spiro atoms. The molecule has 0 aliphatic carbocycles. The van der Waals surface area contributed by atoms with E-state index in [1.54, 1.807) is 0 Å². The summed E-state index contributed by atoms with van der Waals surface area (Å²) in [5.41, 5.74) is 2.28. The molecule has 0 unspecified atom stereocenters. The zero-order valence-electron chi connectivity index (χ0n) is 13.1. The average molecular weight is 352 g/mol. The van der Waals surface area contributed by atoms with Gasteiger partial charge in [0.15, 0.2) is 6.54 Å². The maximum absolute atomic E-state index is 11.9. The Morgan fingerprint density at radius 1 is 1.13 bits per heavy atom. The van der Waals surface area contributed by atoms with Crippen molar-refractivity contribution in [2.75, 3.05) is 13.1 Å². The van der Waals surface area contributed by atoms with Gasteiger partial charge in [-0.25, -0.2) is 0 Å². The van der Waals surface area contributed by atoms with Crippen molar-refractivity contribution in [3.8, 4) is 0 Å². The molecule has 0 aromatic heterocycles. The van der Waals surface area contributed by atoms with Crippen molar-refractivity contribution < 1.29 is 10.1 Å². The van der Waals surface area contributed by atoms with Crippen LogP contribution in [0, 0.1) is 0 Å². The fourth-order valence-corrected chi connectivity index (χ4v) is 2.64. The number of nitrogens with one attached hydrogen (secondary N) is 1. The van der Waals surface area contributed by atoms with Gasteiger partial charge < -0.3 is 10.6 Å². The normalized spacial score (nSPS) is 12.0. The molecule has 2 rings (SSSR count). The van der Waals surface area contributed by atoms with Gasteiger partial charge in [0, 0.05) is 22.2 Å². The molecular formula is C18H21Cl2N2O+. The highest BCUT2D eigenvalue weighted by molar-refractivity contribution is 6.30. The Morgan fingerprint density at radius 2 is 1.87 bits per heavy atom. The first-order chi connectivity index (χ1) is 11.0. The van der Waals surface area contributed by atoms with E-state index in [4.69, 9.17) is 23.2 Å². The van der Waals surface area contributed by atoms with Crippen LogP contribution in [0.15, 0.2) is 48.5 Å². The number of hydrogen-bond donors (Lipinski definition) is 2. The van der Waals surface area contributed by atoms with E-state index in [0.717, 1.165) is 27.6 Å². The van der Waals surface area contributed by atoms with Crippen LogP contribution < -0.4 is 10.6 Å². The molecule has 0 aliphatic heterocycles. The predicted molar refractivity (Wildman–Crippen MR) is 94.8 cm³/mol. The van der Waals surface area contributed by atoms with E-state index < -0.39 is 0 Å². The van der Waals surface area contributed by atoms with Crippen LogP contribution in [-0.4, -0.2) is 19.0 Å². The molecule has 0 heterocycles. The van der Waals surface area contributed by atoms with Gasteiger partial charge >= 0.3 is 0 Å². The van der Waals surface area contributed by atoms with E-state index >= 15 is 0 Å². The molecule has 1 amide bonds. The second-order valence-corrected chi connectivity index (χ2v) is 6.38. The third-order valence-corrected chi connectivity index (χ3v) is 4.16. The largest absolute Gasteiger partial charge is 0.351 e. The number of hydrogen-bond acceptors (Lipinski definition) is 1. The summed E-state index contributed by atoms with van der Waals surface area (Å²) in [7, 11) is 0. The van der Waals surface area contributed by atoms with Gasteiger partial charge in [-0.1, -0.05) is 47.5 Å². The predicted octanol–water partition coefficient (Wildman–Crippen LogP) is 2.98. The maximum Gasteiger partial charge on any atom is 0.275 e. The van der Waals surface area contributed by atoms with Gasteiger partial charge in [0.05, 0.1) is 0 Å². The van der Waals surface area contributed by atoms with Gasteiger partial charge in [0.2, 0.25) is 0 Å². The van der Waals surface area contributed by atoms with Gasteiger partial charge in [-0.15, -0.1) is 0 Å². The minimum atomic E-state index is 0.0350. The molecular weight excluding hydrogens is 331 g/mol. The average Bonchev–Trinajstić information content (AvgIpc) is 2.53. The van der Waals surface area contributed by atoms with Crippen molar-refractivity contribution >= 4 is 29.1 Å². The molecule has 2 aromatic rings. The van der Waals surface area contributed by atoms with Crippen LogP contribution in [0.2, 0.25) is 10.0 Å². The Balaban J connectivity index is 1.69. The lowest BCUT2D eigenvalue weighted by Gasteiger charge is -2.11. The van der Waals surface area contributed by atoms with Crippen molar-refractivity contribution in [3.05, 3.63) is 69.7 Å². The molecule has 0 radical (unpaired) electrons. The van der Waals surface area contributed by atoms with Gasteiger partial charge in [-0.3, -0.25) is 4.79 Å². The number of rotatable bonds is 7. The van der Waals surface area contributed by atoms with Crippen LogP contribution in [-0.2, 0) is 11.2 Å². The van der Waals surface area contributed by atoms with E-state index in [0.29, 0.717) is 13.1 Å². The standard InChI is InChI=1S/C18H20Cl2N2O/c1-13(15-5-7-16(19)8-6-15)22-12-18(23)21-10-9-14-3-2-4-17(20)11-14/h2-8,11,13,22H,9-10,12H2,1H3,(H,21,23)/p+1/t13-/m1/s1. The SMILES string of the molecule is C[C@@H]([NH2+]CC(=O)NCCc1cccc(Cl)c1)c1ccc(Cl)cc1. The molecule has 122 valence electrons. The van der Waals surface area contributed by atoms with E-state index in [1.165, 1.54) is 0 Å². The Labute approximate surface area is 147 Å². The molecule has 1 atom stereocenters. The molecule has 0 saturated carbocycles. The minimum absolute atomic E-state index is 0.0350. The van der Waals surface area contributed by atoms with Gasteiger partial charge in [0.25, 0.3) is 5.91 Å². The first-order valence-corrected chi connectivity index (χ1v) is 8.40. The lowest BCUT2D eigenvalue weighted by molar-refractivity contribution is -0.682. The van der Waals surface area contributed by atoms with Crippen LogP contribution in [0.5, 0.6) is 0 Å². The maximum atomic E-state index is 11.9. The van der Waals surface area contributed by atoms with Crippen LogP contribution in [0.4, 0.5) is 0 Å². The summed E-state index contributed by atoms with van der Waals surface area (Å²) in [5.74, 6) is 0.0350. The fraction of sp³-hybridized carbons (Fsp3) is 0.278. The van der Waals surface area contributed by atoms with Crippen LogP contribution in [0.1, 0.15) is 24.1 Å². The summed E-state index contributed by atoms with van der Waals surface area (Å²) in [5, 5.41) is 6.39. The highest BCUT2D eigenvalue weighted by Gasteiger charge is 2.11.